The van der Waals surface area contributed by atoms with Crippen LogP contribution in [0.25, 0.3) is 0 Å². The molecule has 3 heterocycles. The monoisotopic (exact) mass is 509 g/mol. The van der Waals surface area contributed by atoms with E-state index in [1.54, 1.807) is 17.0 Å². The van der Waals surface area contributed by atoms with Crippen molar-refractivity contribution >= 4 is 23.4 Å². The zero-order chi connectivity index (χ0) is 25.2. The van der Waals surface area contributed by atoms with Gasteiger partial charge in [0.25, 0.3) is 11.8 Å². The van der Waals surface area contributed by atoms with Crippen LogP contribution in [0.15, 0.2) is 65.3 Å². The highest BCUT2D eigenvalue weighted by atomic mass is 35.5. The summed E-state index contributed by atoms with van der Waals surface area (Å²) >= 11 is 6.11. The first-order valence-corrected chi connectivity index (χ1v) is 12.6. The molecule has 5 rings (SSSR count). The van der Waals surface area contributed by atoms with Crippen LogP contribution in [0, 0.1) is 24.6 Å². The molecule has 2 unspecified atom stereocenters. The number of hydrogen-bond donors (Lipinski definition) is 1. The number of rotatable bonds is 7. The van der Waals surface area contributed by atoms with Crippen molar-refractivity contribution in [3.05, 3.63) is 94.2 Å². The van der Waals surface area contributed by atoms with Gasteiger partial charge in [-0.05, 0) is 48.9 Å². The van der Waals surface area contributed by atoms with Gasteiger partial charge in [0, 0.05) is 38.3 Å². The van der Waals surface area contributed by atoms with Gasteiger partial charge in [-0.2, -0.15) is 0 Å². The number of furan rings is 1. The lowest BCUT2D eigenvalue weighted by Gasteiger charge is -2.25. The number of amides is 2. The second-order valence-electron chi connectivity index (χ2n) is 9.74. The number of fused-ring (bicyclic) bond motifs is 1. The van der Waals surface area contributed by atoms with E-state index in [0.29, 0.717) is 30.7 Å². The summed E-state index contributed by atoms with van der Waals surface area (Å²) < 4.78 is 19.6. The molecule has 36 heavy (non-hydrogen) atoms. The molecule has 1 aromatic heterocycles. The molecule has 0 saturated carbocycles. The summed E-state index contributed by atoms with van der Waals surface area (Å²) in [5.74, 6) is -0.105. The number of nitrogens with zero attached hydrogens (tertiary/aromatic N) is 2. The van der Waals surface area contributed by atoms with E-state index >= 15 is 0 Å². The van der Waals surface area contributed by atoms with Gasteiger partial charge in [0.1, 0.15) is 5.82 Å². The molecule has 8 heteroatoms. The topological polar surface area (TPSA) is 65.8 Å². The molecule has 1 N–H and O–H groups in total. The van der Waals surface area contributed by atoms with Crippen LogP contribution >= 0.6 is 11.6 Å². The lowest BCUT2D eigenvalue weighted by molar-refractivity contribution is 0.0769. The summed E-state index contributed by atoms with van der Waals surface area (Å²) in [6, 6.07) is 15.9. The van der Waals surface area contributed by atoms with E-state index in [9.17, 15) is 14.0 Å². The first-order chi connectivity index (χ1) is 17.4. The molecule has 2 saturated heterocycles. The van der Waals surface area contributed by atoms with Gasteiger partial charge < -0.3 is 19.5 Å². The highest BCUT2D eigenvalue weighted by molar-refractivity contribution is 6.33. The average molecular weight is 510 g/mol. The second kappa shape index (κ2) is 10.4. The Morgan fingerprint density at radius 1 is 1.06 bits per heavy atom. The highest BCUT2D eigenvalue weighted by Gasteiger charge is 2.42. The Bertz CT molecular complexity index is 1210. The number of aryl methyl sites for hydroxylation is 1. The Morgan fingerprint density at radius 3 is 2.42 bits per heavy atom. The van der Waals surface area contributed by atoms with E-state index in [4.69, 9.17) is 16.0 Å². The van der Waals surface area contributed by atoms with Crippen LogP contribution in [0.4, 0.5) is 4.39 Å². The Labute approximate surface area is 215 Å². The van der Waals surface area contributed by atoms with Crippen molar-refractivity contribution in [3.63, 3.8) is 0 Å². The van der Waals surface area contributed by atoms with Crippen molar-refractivity contribution in [2.75, 3.05) is 32.7 Å². The van der Waals surface area contributed by atoms with Gasteiger partial charge in [0.15, 0.2) is 5.76 Å². The van der Waals surface area contributed by atoms with E-state index in [2.05, 4.69) is 10.2 Å². The molecule has 2 amide bonds. The molecule has 6 nitrogen and oxygen atoms in total. The SMILES string of the molecule is Cc1ccoc1C(=O)N[C@@H](CCN1CC2CN(C(=O)c3c(F)cccc3Cl)CC2C1)c1ccccc1. The van der Waals surface area contributed by atoms with Crippen LogP contribution in [0.5, 0.6) is 0 Å². The molecular formula is C28H29ClFN3O3. The number of likely N-dealkylation sites (tertiary alicyclic amines) is 2. The summed E-state index contributed by atoms with van der Waals surface area (Å²) in [7, 11) is 0. The molecular weight excluding hydrogens is 481 g/mol. The molecule has 188 valence electrons. The third kappa shape index (κ3) is 5.04. The number of hydrogen-bond acceptors (Lipinski definition) is 4. The zero-order valence-corrected chi connectivity index (χ0v) is 20.9. The quantitative estimate of drug-likeness (QED) is 0.489. The molecule has 3 atom stereocenters. The second-order valence-corrected chi connectivity index (χ2v) is 10.2. The van der Waals surface area contributed by atoms with Crippen LogP contribution in [-0.2, 0) is 0 Å². The molecule has 0 aliphatic carbocycles. The number of nitrogens with one attached hydrogen (secondary N) is 1. The van der Waals surface area contributed by atoms with Gasteiger partial charge in [-0.15, -0.1) is 0 Å². The van der Waals surface area contributed by atoms with Crippen LogP contribution in [0.1, 0.15) is 44.5 Å². The number of carbonyl (C=O) groups is 2. The molecule has 2 aliphatic heterocycles. The van der Waals surface area contributed by atoms with Gasteiger partial charge in [-0.1, -0.05) is 48.0 Å². The van der Waals surface area contributed by atoms with Gasteiger partial charge >= 0.3 is 0 Å². The molecule has 2 aliphatic rings. The first kappa shape index (κ1) is 24.5. The van der Waals surface area contributed by atoms with Gasteiger partial charge in [-0.25, -0.2) is 4.39 Å². The Morgan fingerprint density at radius 2 is 1.78 bits per heavy atom. The number of benzene rings is 2. The minimum absolute atomic E-state index is 0.0377. The largest absolute Gasteiger partial charge is 0.459 e. The van der Waals surface area contributed by atoms with E-state index in [1.165, 1.54) is 18.4 Å². The van der Waals surface area contributed by atoms with E-state index < -0.39 is 5.82 Å². The Kier molecular flexibility index (Phi) is 7.12. The summed E-state index contributed by atoms with van der Waals surface area (Å²) in [6.07, 6.45) is 2.28. The van der Waals surface area contributed by atoms with E-state index in [1.807, 2.05) is 37.3 Å². The molecule has 3 aromatic rings. The lowest BCUT2D eigenvalue weighted by atomic mass is 10.0. The Balaban J connectivity index is 1.19. The summed E-state index contributed by atoms with van der Waals surface area (Å²) in [5, 5.41) is 3.29. The van der Waals surface area contributed by atoms with Gasteiger partial charge in [-0.3, -0.25) is 9.59 Å². The van der Waals surface area contributed by atoms with Crippen molar-refractivity contribution in [2.45, 2.75) is 19.4 Å². The molecule has 2 aromatic carbocycles. The fourth-order valence-corrected chi connectivity index (χ4v) is 5.69. The Hall–Kier alpha value is -3.16. The predicted octanol–water partition coefficient (Wildman–Crippen LogP) is 4.95. The van der Waals surface area contributed by atoms with Gasteiger partial charge in [0.05, 0.1) is 22.9 Å². The molecule has 0 bridgehead atoms. The van der Waals surface area contributed by atoms with Crippen molar-refractivity contribution in [1.82, 2.24) is 15.1 Å². The predicted molar refractivity (Wildman–Crippen MR) is 135 cm³/mol. The minimum Gasteiger partial charge on any atom is -0.459 e. The maximum Gasteiger partial charge on any atom is 0.287 e. The normalized spacial score (nSPS) is 20.4. The summed E-state index contributed by atoms with van der Waals surface area (Å²) in [6.45, 7) is 5.60. The summed E-state index contributed by atoms with van der Waals surface area (Å²) in [5.41, 5.74) is 1.82. The molecule has 0 radical (unpaired) electrons. The molecule has 2 fully saturated rings. The lowest BCUT2D eigenvalue weighted by Crippen LogP contribution is -2.35. The maximum absolute atomic E-state index is 14.2. The van der Waals surface area contributed by atoms with Crippen LogP contribution in [0.3, 0.4) is 0 Å². The smallest absolute Gasteiger partial charge is 0.287 e. The fraction of sp³-hybridized carbons (Fsp3) is 0.357. The van der Waals surface area contributed by atoms with Crippen molar-refractivity contribution < 1.29 is 18.4 Å². The van der Waals surface area contributed by atoms with Gasteiger partial charge in [0.2, 0.25) is 0 Å². The van der Waals surface area contributed by atoms with Crippen molar-refractivity contribution in [1.29, 1.82) is 0 Å². The van der Waals surface area contributed by atoms with Crippen LogP contribution in [-0.4, -0.2) is 54.3 Å². The first-order valence-electron chi connectivity index (χ1n) is 12.3. The minimum atomic E-state index is -0.579. The standard InChI is InChI=1S/C28H29ClFN3O3/c1-18-11-13-36-26(18)27(34)31-24(19-6-3-2-4-7-19)10-12-32-14-20-16-33(17-21(20)15-32)28(35)25-22(29)8-5-9-23(25)30/h2-9,11,13,20-21,24H,10,12,14-17H2,1H3,(H,31,34)/t20?,21?,24-/m0/s1. The highest BCUT2D eigenvalue weighted by Crippen LogP contribution is 2.34. The van der Waals surface area contributed by atoms with Crippen LogP contribution < -0.4 is 5.32 Å². The van der Waals surface area contributed by atoms with E-state index in [0.717, 1.165) is 37.2 Å². The fourth-order valence-electron chi connectivity index (χ4n) is 5.45. The average Bonchev–Trinajstić information content (AvgIpc) is 3.57. The number of halogens is 2. The van der Waals surface area contributed by atoms with E-state index in [-0.39, 0.29) is 28.4 Å². The zero-order valence-electron chi connectivity index (χ0n) is 20.1. The third-order valence-corrected chi connectivity index (χ3v) is 7.65. The molecule has 0 spiro atoms. The summed E-state index contributed by atoms with van der Waals surface area (Å²) in [4.78, 5) is 29.9. The van der Waals surface area contributed by atoms with Crippen molar-refractivity contribution in [3.8, 4) is 0 Å². The number of carbonyl (C=O) groups excluding carboxylic acids is 2. The van der Waals surface area contributed by atoms with Crippen molar-refractivity contribution in [2.24, 2.45) is 11.8 Å². The van der Waals surface area contributed by atoms with Crippen LogP contribution in [0.2, 0.25) is 5.02 Å². The maximum atomic E-state index is 14.2. The third-order valence-electron chi connectivity index (χ3n) is 7.34.